The van der Waals surface area contributed by atoms with E-state index >= 15 is 0 Å². The Hall–Kier alpha value is -0.160. The zero-order valence-electron chi connectivity index (χ0n) is 13.1. The molecular weight excluding hydrogens is 226 g/mol. The zero-order chi connectivity index (χ0) is 14.2. The van der Waals surface area contributed by atoms with Gasteiger partial charge in [-0.1, -0.05) is 6.92 Å². The van der Waals surface area contributed by atoms with E-state index in [9.17, 15) is 0 Å². The monoisotopic (exact) mass is 259 g/mol. The van der Waals surface area contributed by atoms with Gasteiger partial charge in [-0.05, 0) is 53.5 Å². The first-order valence-electron chi connectivity index (χ1n) is 7.11. The molecule has 0 fully saturated rings. The second kappa shape index (κ2) is 8.86. The summed E-state index contributed by atoms with van der Waals surface area (Å²) in [6.07, 6.45) is 3.33. The van der Waals surface area contributed by atoms with Gasteiger partial charge in [0.1, 0.15) is 0 Å². The van der Waals surface area contributed by atoms with Crippen LogP contribution in [-0.2, 0) is 4.74 Å². The van der Waals surface area contributed by atoms with E-state index in [1.54, 1.807) is 7.11 Å². The molecule has 0 aliphatic heterocycles. The van der Waals surface area contributed by atoms with Crippen LogP contribution in [0.25, 0.3) is 0 Å². The van der Waals surface area contributed by atoms with Crippen molar-refractivity contribution in [3.05, 3.63) is 0 Å². The van der Waals surface area contributed by atoms with Crippen LogP contribution in [0.1, 0.15) is 53.9 Å². The Kier molecular flexibility index (Phi) is 8.78. The molecule has 2 atom stereocenters. The van der Waals surface area contributed by atoms with E-state index < -0.39 is 0 Å². The van der Waals surface area contributed by atoms with Gasteiger partial charge in [0.2, 0.25) is 0 Å². The number of hydrogen-bond donors (Lipinski definition) is 2. The predicted molar refractivity (Wildman–Crippen MR) is 78.4 cm³/mol. The minimum atomic E-state index is 0.0796. The van der Waals surface area contributed by atoms with Crippen LogP contribution >= 0.6 is 0 Å². The fourth-order valence-electron chi connectivity index (χ4n) is 1.97. The average Bonchev–Trinajstić information content (AvgIpc) is 2.33. The molecule has 4 nitrogen and oxygen atoms in total. The minimum Gasteiger partial charge on any atom is -0.383 e. The molecular formula is C14H33N3O. The van der Waals surface area contributed by atoms with Crippen molar-refractivity contribution < 1.29 is 4.74 Å². The molecule has 0 aliphatic carbocycles. The molecule has 110 valence electrons. The van der Waals surface area contributed by atoms with Crippen molar-refractivity contribution in [2.24, 2.45) is 5.84 Å². The van der Waals surface area contributed by atoms with E-state index in [1.165, 1.54) is 0 Å². The van der Waals surface area contributed by atoms with Gasteiger partial charge in [-0.3, -0.25) is 5.84 Å². The summed E-state index contributed by atoms with van der Waals surface area (Å²) in [7, 11) is 1.74. The molecule has 0 aliphatic rings. The molecule has 0 radical (unpaired) electrons. The zero-order valence-corrected chi connectivity index (χ0v) is 13.1. The highest BCUT2D eigenvalue weighted by Gasteiger charge is 2.25. The standard InChI is InChI=1S/C14H33N3O/c1-7-14(4,5)17(15)13(3)9-8-10-16-12(2)11-18-6/h12-13,16H,7-11,15H2,1-6H3. The van der Waals surface area contributed by atoms with E-state index in [-0.39, 0.29) is 5.54 Å². The van der Waals surface area contributed by atoms with Crippen molar-refractivity contribution in [2.45, 2.75) is 71.5 Å². The van der Waals surface area contributed by atoms with Gasteiger partial charge in [0.05, 0.1) is 6.61 Å². The number of hydrazine groups is 1. The molecule has 0 aromatic rings. The molecule has 0 amide bonds. The summed E-state index contributed by atoms with van der Waals surface area (Å²) in [6, 6.07) is 0.839. The lowest BCUT2D eigenvalue weighted by molar-refractivity contribution is 0.0675. The Morgan fingerprint density at radius 1 is 1.33 bits per heavy atom. The van der Waals surface area contributed by atoms with Crippen LogP contribution in [0.2, 0.25) is 0 Å². The molecule has 0 saturated carbocycles. The summed E-state index contributed by atoms with van der Waals surface area (Å²) in [5, 5.41) is 5.45. The summed E-state index contributed by atoms with van der Waals surface area (Å²) in [4.78, 5) is 0. The number of nitrogens with two attached hydrogens (primary N) is 1. The van der Waals surface area contributed by atoms with E-state index in [0.717, 1.165) is 32.4 Å². The number of ether oxygens (including phenoxy) is 1. The van der Waals surface area contributed by atoms with Crippen LogP contribution in [-0.4, -0.2) is 42.9 Å². The third-order valence-corrected chi connectivity index (χ3v) is 3.75. The molecule has 0 bridgehead atoms. The summed E-state index contributed by atoms with van der Waals surface area (Å²) >= 11 is 0. The van der Waals surface area contributed by atoms with Gasteiger partial charge in [0, 0.05) is 24.7 Å². The quantitative estimate of drug-likeness (QED) is 0.358. The largest absolute Gasteiger partial charge is 0.383 e. The first-order valence-corrected chi connectivity index (χ1v) is 7.11. The van der Waals surface area contributed by atoms with Crippen LogP contribution in [0.5, 0.6) is 0 Å². The fourth-order valence-corrected chi connectivity index (χ4v) is 1.97. The maximum atomic E-state index is 6.19. The molecule has 18 heavy (non-hydrogen) atoms. The number of rotatable bonds is 10. The SMILES string of the molecule is CCC(C)(C)N(N)C(C)CCCNC(C)COC. The number of nitrogens with zero attached hydrogens (tertiary/aromatic N) is 1. The Morgan fingerprint density at radius 3 is 2.44 bits per heavy atom. The van der Waals surface area contributed by atoms with Gasteiger partial charge < -0.3 is 10.1 Å². The topological polar surface area (TPSA) is 50.5 Å². The van der Waals surface area contributed by atoms with Crippen LogP contribution in [0, 0.1) is 0 Å². The smallest absolute Gasteiger partial charge is 0.0613 e. The first kappa shape index (κ1) is 17.8. The van der Waals surface area contributed by atoms with Gasteiger partial charge >= 0.3 is 0 Å². The number of methoxy groups -OCH3 is 1. The molecule has 0 heterocycles. The van der Waals surface area contributed by atoms with Gasteiger partial charge in [0.25, 0.3) is 0 Å². The lowest BCUT2D eigenvalue weighted by Crippen LogP contribution is -2.53. The average molecular weight is 259 g/mol. The highest BCUT2D eigenvalue weighted by Crippen LogP contribution is 2.19. The normalized spacial score (nSPS) is 16.0. The van der Waals surface area contributed by atoms with Gasteiger partial charge in [-0.15, -0.1) is 0 Å². The number of hydrogen-bond acceptors (Lipinski definition) is 4. The van der Waals surface area contributed by atoms with Crippen LogP contribution in [0.4, 0.5) is 0 Å². The summed E-state index contributed by atoms with van der Waals surface area (Å²) in [6.45, 7) is 12.7. The maximum absolute atomic E-state index is 6.19. The Bertz CT molecular complexity index is 209. The van der Waals surface area contributed by atoms with Crippen molar-refractivity contribution in [1.29, 1.82) is 0 Å². The Morgan fingerprint density at radius 2 is 1.94 bits per heavy atom. The second-order valence-electron chi connectivity index (χ2n) is 5.88. The maximum Gasteiger partial charge on any atom is 0.0613 e. The lowest BCUT2D eigenvalue weighted by Gasteiger charge is -2.38. The third-order valence-electron chi connectivity index (χ3n) is 3.75. The molecule has 4 heteroatoms. The second-order valence-corrected chi connectivity index (χ2v) is 5.88. The van der Waals surface area contributed by atoms with Crippen molar-refractivity contribution in [1.82, 2.24) is 10.3 Å². The Labute approximate surface area is 113 Å². The molecule has 0 saturated heterocycles. The molecule has 0 aromatic carbocycles. The molecule has 0 aromatic heterocycles. The van der Waals surface area contributed by atoms with Crippen LogP contribution in [0.3, 0.4) is 0 Å². The van der Waals surface area contributed by atoms with E-state index in [1.807, 2.05) is 5.01 Å². The molecule has 2 unspecified atom stereocenters. The lowest BCUT2D eigenvalue weighted by atomic mass is 9.98. The summed E-state index contributed by atoms with van der Waals surface area (Å²) in [5.41, 5.74) is 0.0796. The third kappa shape index (κ3) is 6.69. The molecule has 0 spiro atoms. The van der Waals surface area contributed by atoms with E-state index in [4.69, 9.17) is 10.6 Å². The number of nitrogens with one attached hydrogen (secondary N) is 1. The van der Waals surface area contributed by atoms with Crippen molar-refractivity contribution in [2.75, 3.05) is 20.3 Å². The Balaban J connectivity index is 3.80. The van der Waals surface area contributed by atoms with Crippen molar-refractivity contribution in [3.63, 3.8) is 0 Å². The summed E-state index contributed by atoms with van der Waals surface area (Å²) in [5.74, 6) is 6.19. The van der Waals surface area contributed by atoms with Crippen LogP contribution in [0.15, 0.2) is 0 Å². The molecule has 0 rings (SSSR count). The van der Waals surface area contributed by atoms with Gasteiger partial charge in [0.15, 0.2) is 0 Å². The van der Waals surface area contributed by atoms with E-state index in [2.05, 4.69) is 39.9 Å². The van der Waals surface area contributed by atoms with E-state index in [0.29, 0.717) is 12.1 Å². The van der Waals surface area contributed by atoms with Gasteiger partial charge in [-0.2, -0.15) is 0 Å². The highest BCUT2D eigenvalue weighted by atomic mass is 16.5. The highest BCUT2D eigenvalue weighted by molar-refractivity contribution is 4.79. The minimum absolute atomic E-state index is 0.0796. The first-order chi connectivity index (χ1) is 8.35. The van der Waals surface area contributed by atoms with Crippen molar-refractivity contribution >= 4 is 0 Å². The van der Waals surface area contributed by atoms with Crippen LogP contribution < -0.4 is 11.2 Å². The predicted octanol–water partition coefficient (Wildman–Crippen LogP) is 2.14. The van der Waals surface area contributed by atoms with Crippen molar-refractivity contribution in [3.8, 4) is 0 Å². The summed E-state index contributed by atoms with van der Waals surface area (Å²) < 4.78 is 5.09. The fraction of sp³-hybridized carbons (Fsp3) is 1.00. The van der Waals surface area contributed by atoms with Gasteiger partial charge in [-0.25, -0.2) is 5.01 Å². The molecule has 3 N–H and O–H groups in total.